The number of anilines is 2. The highest BCUT2D eigenvalue weighted by Gasteiger charge is 2.41. The highest BCUT2D eigenvalue weighted by molar-refractivity contribution is 7.90. The molecule has 0 spiro atoms. The van der Waals surface area contributed by atoms with Gasteiger partial charge in [0.15, 0.2) is 5.03 Å². The molecule has 1 fully saturated rings. The van der Waals surface area contributed by atoms with Crippen LogP contribution in [0.2, 0.25) is 0 Å². The first-order chi connectivity index (χ1) is 19.9. The Balaban J connectivity index is 1.60. The Hall–Kier alpha value is -3.53. The number of amides is 1. The minimum absolute atomic E-state index is 0.0223. The number of nitrogens with one attached hydrogen (secondary N) is 2. The fourth-order valence-electron chi connectivity index (χ4n) is 6.01. The van der Waals surface area contributed by atoms with Gasteiger partial charge >= 0.3 is 0 Å². The molecule has 230 valence electrons. The second-order valence-corrected chi connectivity index (χ2v) is 16.2. The van der Waals surface area contributed by atoms with Crippen LogP contribution in [0.15, 0.2) is 53.7 Å². The second kappa shape index (κ2) is 10.9. The normalized spacial score (nSPS) is 22.0. The summed E-state index contributed by atoms with van der Waals surface area (Å²) in [5.74, 6) is 0.524. The van der Waals surface area contributed by atoms with Gasteiger partial charge < -0.3 is 10.2 Å². The third-order valence-electron chi connectivity index (χ3n) is 8.52. The van der Waals surface area contributed by atoms with E-state index in [-0.39, 0.29) is 33.0 Å². The first-order valence-corrected chi connectivity index (χ1v) is 16.5. The number of fused-ring (bicyclic) bond motifs is 6. The first-order valence-electron chi connectivity index (χ1n) is 15.0. The van der Waals surface area contributed by atoms with E-state index < -0.39 is 15.9 Å². The summed E-state index contributed by atoms with van der Waals surface area (Å²) < 4.78 is 29.2. The Labute approximate surface area is 256 Å². The molecule has 0 aliphatic carbocycles. The molecule has 1 amide bonds. The molecule has 5 heterocycles. The summed E-state index contributed by atoms with van der Waals surface area (Å²) >= 11 is 0. The number of carbonyl (C=O) groups excluding carboxylic acids is 1. The number of nitrogens with zero attached hydrogens (tertiary/aromatic N) is 4. The minimum Gasteiger partial charge on any atom is -0.362 e. The van der Waals surface area contributed by atoms with Gasteiger partial charge in [0.05, 0.1) is 17.3 Å². The van der Waals surface area contributed by atoms with E-state index in [1.807, 2.05) is 18.3 Å². The molecule has 0 saturated carbocycles. The predicted octanol–water partition coefficient (Wildman–Crippen LogP) is 6.14. The molecule has 2 atom stereocenters. The van der Waals surface area contributed by atoms with Crippen LogP contribution in [-0.4, -0.2) is 41.4 Å². The van der Waals surface area contributed by atoms with E-state index in [1.165, 1.54) is 6.07 Å². The maximum Gasteiger partial charge on any atom is 0.281 e. The zero-order valence-corrected chi connectivity index (χ0v) is 27.3. The van der Waals surface area contributed by atoms with Gasteiger partial charge in [-0.05, 0) is 80.3 Å². The standard InChI is InChI=1S/C33H44N6O3S/c1-31(2,3)22-13-16-24(34-19-22)25-15-12-21-18-33(7,8)39(20-21)29-23(14-17-26(36-29)32(4,5)6)30(40)38-43(41,42)28-11-9-10-27(35-25)37-28/h9-11,13-14,16-17,19,21,25H,12,15,18,20H2,1-8H3,(H,35,37)(H,38,40)/t21-,25?/m0/s1. The van der Waals surface area contributed by atoms with E-state index in [9.17, 15) is 13.2 Å². The summed E-state index contributed by atoms with van der Waals surface area (Å²) in [6.07, 6.45) is 4.50. The lowest BCUT2D eigenvalue weighted by Crippen LogP contribution is -2.41. The molecule has 5 rings (SSSR count). The summed E-state index contributed by atoms with van der Waals surface area (Å²) in [5.41, 5.74) is 2.52. The second-order valence-electron chi connectivity index (χ2n) is 14.6. The molecular weight excluding hydrogens is 560 g/mol. The van der Waals surface area contributed by atoms with Crippen molar-refractivity contribution in [1.29, 1.82) is 0 Å². The van der Waals surface area contributed by atoms with Crippen molar-refractivity contribution < 1.29 is 13.2 Å². The van der Waals surface area contributed by atoms with Crippen molar-refractivity contribution in [2.24, 2.45) is 5.92 Å². The molecule has 2 N–H and O–H groups in total. The third kappa shape index (κ3) is 6.54. The molecule has 3 aromatic rings. The molecule has 9 nitrogen and oxygen atoms in total. The Kier molecular flexibility index (Phi) is 7.82. The number of pyridine rings is 3. The van der Waals surface area contributed by atoms with E-state index in [1.54, 1.807) is 18.2 Å². The summed E-state index contributed by atoms with van der Waals surface area (Å²) in [4.78, 5) is 30.0. The van der Waals surface area contributed by atoms with Crippen LogP contribution in [0, 0.1) is 5.92 Å². The van der Waals surface area contributed by atoms with Crippen molar-refractivity contribution in [3.63, 3.8) is 0 Å². The number of sulfonamides is 1. The summed E-state index contributed by atoms with van der Waals surface area (Å²) in [7, 11) is -4.27. The Morgan fingerprint density at radius 1 is 0.930 bits per heavy atom. The van der Waals surface area contributed by atoms with Gasteiger partial charge in [-0.3, -0.25) is 9.78 Å². The fraction of sp³-hybridized carbons (Fsp3) is 0.515. The Morgan fingerprint density at radius 3 is 2.33 bits per heavy atom. The Morgan fingerprint density at radius 2 is 1.67 bits per heavy atom. The molecule has 1 unspecified atom stereocenters. The average molecular weight is 605 g/mol. The van der Waals surface area contributed by atoms with E-state index >= 15 is 0 Å². The van der Waals surface area contributed by atoms with Crippen LogP contribution in [0.4, 0.5) is 11.6 Å². The fourth-order valence-corrected chi connectivity index (χ4v) is 6.94. The van der Waals surface area contributed by atoms with Gasteiger partial charge in [-0.1, -0.05) is 53.7 Å². The van der Waals surface area contributed by atoms with Crippen LogP contribution >= 0.6 is 0 Å². The quantitative estimate of drug-likeness (QED) is 0.340. The molecule has 43 heavy (non-hydrogen) atoms. The molecule has 3 aromatic heterocycles. The highest BCUT2D eigenvalue weighted by Crippen LogP contribution is 2.41. The SMILES string of the molecule is CC(C)(C)c1ccc(C2CC[C@@H]3CN(c4nc(C(C)(C)C)ccc4C(=O)NS(=O)(=O)c4cccc(n4)N2)C(C)(C)C3)nc1. The lowest BCUT2D eigenvalue weighted by atomic mass is 9.87. The molecular formula is C33H44N6O3S. The van der Waals surface area contributed by atoms with Gasteiger partial charge in [-0.25, -0.2) is 14.7 Å². The van der Waals surface area contributed by atoms with E-state index in [2.05, 4.69) is 81.4 Å². The van der Waals surface area contributed by atoms with Crippen molar-refractivity contribution in [2.75, 3.05) is 16.8 Å². The van der Waals surface area contributed by atoms with Crippen molar-refractivity contribution in [2.45, 2.75) is 102 Å². The molecule has 2 aliphatic rings. The van der Waals surface area contributed by atoms with Crippen molar-refractivity contribution in [3.05, 3.63) is 71.2 Å². The number of aromatic nitrogens is 3. The van der Waals surface area contributed by atoms with Crippen molar-refractivity contribution >= 4 is 27.6 Å². The molecule has 0 radical (unpaired) electrons. The largest absolute Gasteiger partial charge is 0.362 e. The van der Waals surface area contributed by atoms with Gasteiger partial charge in [0.1, 0.15) is 11.6 Å². The lowest BCUT2D eigenvalue weighted by molar-refractivity contribution is 0.0981. The third-order valence-corrected chi connectivity index (χ3v) is 9.76. The van der Waals surface area contributed by atoms with E-state index in [0.29, 0.717) is 24.1 Å². The highest BCUT2D eigenvalue weighted by atomic mass is 32.2. The van der Waals surface area contributed by atoms with E-state index in [0.717, 1.165) is 36.2 Å². The van der Waals surface area contributed by atoms with Crippen LogP contribution < -0.4 is 14.9 Å². The van der Waals surface area contributed by atoms with Crippen molar-refractivity contribution in [1.82, 2.24) is 19.7 Å². The molecule has 4 bridgehead atoms. The van der Waals surface area contributed by atoms with Crippen molar-refractivity contribution in [3.8, 4) is 0 Å². The van der Waals surface area contributed by atoms with Crippen LogP contribution in [0.25, 0.3) is 0 Å². The van der Waals surface area contributed by atoms with E-state index in [4.69, 9.17) is 9.97 Å². The summed E-state index contributed by atoms with van der Waals surface area (Å²) in [5, 5.41) is 3.22. The average Bonchev–Trinajstić information content (AvgIpc) is 3.23. The van der Waals surface area contributed by atoms with Crippen LogP contribution in [0.3, 0.4) is 0 Å². The number of hydrogen-bond donors (Lipinski definition) is 2. The first kappa shape index (κ1) is 30.9. The maximum atomic E-state index is 13.6. The Bertz CT molecular complexity index is 1620. The zero-order valence-electron chi connectivity index (χ0n) is 26.5. The molecule has 0 aromatic carbocycles. The summed E-state index contributed by atoms with van der Waals surface area (Å²) in [6, 6.07) is 12.2. The van der Waals surface area contributed by atoms with Crippen LogP contribution in [0.5, 0.6) is 0 Å². The molecule has 1 saturated heterocycles. The molecule has 2 aliphatic heterocycles. The van der Waals surface area contributed by atoms with Crippen LogP contribution in [-0.2, 0) is 20.9 Å². The van der Waals surface area contributed by atoms with Gasteiger partial charge in [0, 0.05) is 29.4 Å². The van der Waals surface area contributed by atoms with Gasteiger partial charge in [0.2, 0.25) is 0 Å². The topological polar surface area (TPSA) is 117 Å². The monoisotopic (exact) mass is 604 g/mol. The number of hydrogen-bond acceptors (Lipinski definition) is 8. The predicted molar refractivity (Wildman–Crippen MR) is 170 cm³/mol. The van der Waals surface area contributed by atoms with Gasteiger partial charge in [-0.15, -0.1) is 0 Å². The van der Waals surface area contributed by atoms with Gasteiger partial charge in [-0.2, -0.15) is 8.42 Å². The maximum absolute atomic E-state index is 13.6. The lowest BCUT2D eigenvalue weighted by Gasteiger charge is -2.34. The number of rotatable bonds is 1. The summed E-state index contributed by atoms with van der Waals surface area (Å²) in [6.45, 7) is 17.7. The minimum atomic E-state index is -4.27. The smallest absolute Gasteiger partial charge is 0.281 e. The number of carbonyl (C=O) groups is 1. The zero-order chi connectivity index (χ0) is 31.4. The molecule has 10 heteroatoms. The van der Waals surface area contributed by atoms with Crippen LogP contribution in [0.1, 0.15) is 108 Å². The van der Waals surface area contributed by atoms with Gasteiger partial charge in [0.25, 0.3) is 15.9 Å².